The van der Waals surface area contributed by atoms with Crippen LogP contribution in [0.1, 0.15) is 13.3 Å². The average molecular weight is 244 g/mol. The third-order valence-electron chi connectivity index (χ3n) is 0.845. The second kappa shape index (κ2) is 6.30. The number of allylic oxidation sites excluding steroid dienone is 3. The van der Waals surface area contributed by atoms with E-state index in [0.29, 0.717) is 15.0 Å². The Morgan fingerprint density at radius 1 is 1.50 bits per heavy atom. The normalized spacial score (nSPS) is 14.0. The Morgan fingerprint density at radius 2 is 2.10 bits per heavy atom. The van der Waals surface area contributed by atoms with Gasteiger partial charge in [0.05, 0.1) is 0 Å². The number of hydrogen-bond donors (Lipinski definition) is 0. The quantitative estimate of drug-likeness (QED) is 0.527. The maximum absolute atomic E-state index is 5.76. The molecule has 0 aromatic carbocycles. The van der Waals surface area contributed by atoms with E-state index in [1.165, 1.54) is 0 Å². The molecule has 0 nitrogen and oxygen atoms in total. The van der Waals surface area contributed by atoms with Crippen molar-refractivity contribution in [2.24, 2.45) is 0 Å². The first-order chi connectivity index (χ1) is 4.70. The third-order valence-corrected chi connectivity index (χ3v) is 3.09. The van der Waals surface area contributed by atoms with Crippen molar-refractivity contribution in [3.63, 3.8) is 0 Å². The van der Waals surface area contributed by atoms with Gasteiger partial charge in [-0.2, -0.15) is 0 Å². The Hall–Kier alpha value is 0.579. The summed E-state index contributed by atoms with van der Waals surface area (Å²) >= 11 is 11.9. The van der Waals surface area contributed by atoms with E-state index < -0.39 is 0 Å². The van der Waals surface area contributed by atoms with Crippen LogP contribution in [0.25, 0.3) is 0 Å². The zero-order chi connectivity index (χ0) is 7.98. The van der Waals surface area contributed by atoms with Crippen molar-refractivity contribution in [1.29, 1.82) is 0 Å². The molecule has 0 bridgehead atoms. The molecule has 0 amide bonds. The van der Waals surface area contributed by atoms with E-state index in [0.717, 1.165) is 15.4 Å². The zero-order valence-corrected chi connectivity index (χ0v) is 9.25. The van der Waals surface area contributed by atoms with Gasteiger partial charge in [-0.3, -0.25) is 0 Å². The van der Waals surface area contributed by atoms with Crippen LogP contribution in [-0.2, 0) is 0 Å². The van der Waals surface area contributed by atoms with Crippen LogP contribution in [0.3, 0.4) is 0 Å². The van der Waals surface area contributed by atoms with Crippen LogP contribution < -0.4 is 0 Å². The van der Waals surface area contributed by atoms with Gasteiger partial charge in [-0.25, -0.2) is 0 Å². The summed E-state index contributed by atoms with van der Waals surface area (Å²) in [6.07, 6.45) is 4.71. The SMILES string of the molecule is CC/C=C(Cl)/C=C(/Cl)[Se]C. The van der Waals surface area contributed by atoms with Gasteiger partial charge >= 0.3 is 78.4 Å². The average Bonchev–Trinajstić information content (AvgIpc) is 1.88. The Labute approximate surface area is 78.4 Å². The molecule has 0 aromatic heterocycles. The summed E-state index contributed by atoms with van der Waals surface area (Å²) in [6, 6.07) is 0. The number of halogens is 2. The molecule has 0 N–H and O–H groups in total. The van der Waals surface area contributed by atoms with Crippen LogP contribution in [0.4, 0.5) is 0 Å². The minimum absolute atomic E-state index is 0.364. The van der Waals surface area contributed by atoms with Gasteiger partial charge < -0.3 is 0 Å². The molecule has 0 radical (unpaired) electrons. The summed E-state index contributed by atoms with van der Waals surface area (Å²) in [5.74, 6) is 2.06. The Balaban J connectivity index is 3.98. The third kappa shape index (κ3) is 5.37. The second-order valence-electron chi connectivity index (χ2n) is 1.65. The second-order valence-corrected chi connectivity index (χ2v) is 4.78. The molecule has 0 rings (SSSR count). The molecule has 10 heavy (non-hydrogen) atoms. The van der Waals surface area contributed by atoms with Gasteiger partial charge in [0, 0.05) is 0 Å². The number of hydrogen-bond acceptors (Lipinski definition) is 0. The van der Waals surface area contributed by atoms with Crippen LogP contribution in [0.2, 0.25) is 5.82 Å². The molecule has 0 atom stereocenters. The van der Waals surface area contributed by atoms with Crippen molar-refractivity contribution in [2.75, 3.05) is 0 Å². The first-order valence-electron chi connectivity index (χ1n) is 2.97. The summed E-state index contributed by atoms with van der Waals surface area (Å²) in [5, 5.41) is 0.747. The Morgan fingerprint density at radius 3 is 2.50 bits per heavy atom. The molecule has 0 saturated carbocycles. The molecule has 0 unspecified atom stereocenters. The van der Waals surface area contributed by atoms with Crippen molar-refractivity contribution < 1.29 is 0 Å². The fourth-order valence-corrected chi connectivity index (χ4v) is 1.52. The molecule has 0 saturated heterocycles. The summed E-state index contributed by atoms with van der Waals surface area (Å²) < 4.78 is 0.863. The predicted octanol–water partition coefficient (Wildman–Crippen LogP) is 3.35. The van der Waals surface area contributed by atoms with Crippen LogP contribution >= 0.6 is 23.2 Å². The van der Waals surface area contributed by atoms with Crippen LogP contribution in [-0.4, -0.2) is 15.0 Å². The minimum atomic E-state index is 0.364. The first kappa shape index (κ1) is 10.6. The summed E-state index contributed by atoms with van der Waals surface area (Å²) in [6.45, 7) is 2.04. The van der Waals surface area contributed by atoms with E-state index in [2.05, 4.69) is 5.82 Å². The van der Waals surface area contributed by atoms with Crippen molar-refractivity contribution >= 4 is 38.2 Å². The first-order valence-corrected chi connectivity index (χ1v) is 6.30. The summed E-state index contributed by atoms with van der Waals surface area (Å²) in [7, 11) is 0. The van der Waals surface area contributed by atoms with Gasteiger partial charge in [0.2, 0.25) is 0 Å². The topological polar surface area (TPSA) is 0 Å². The molecule has 0 aliphatic rings. The predicted molar refractivity (Wildman–Crippen MR) is 49.8 cm³/mol. The molecule has 0 spiro atoms. The molecule has 0 aromatic rings. The fourth-order valence-electron chi connectivity index (χ4n) is 0.421. The van der Waals surface area contributed by atoms with E-state index >= 15 is 0 Å². The van der Waals surface area contributed by atoms with Crippen LogP contribution in [0, 0.1) is 0 Å². The van der Waals surface area contributed by atoms with E-state index in [4.69, 9.17) is 23.2 Å². The monoisotopic (exact) mass is 244 g/mol. The van der Waals surface area contributed by atoms with Crippen LogP contribution in [0.15, 0.2) is 21.1 Å². The van der Waals surface area contributed by atoms with Crippen molar-refractivity contribution in [2.45, 2.75) is 19.2 Å². The Kier molecular flexibility index (Phi) is 6.66. The van der Waals surface area contributed by atoms with Crippen molar-refractivity contribution in [3.05, 3.63) is 21.1 Å². The molecule has 3 heteroatoms. The number of rotatable bonds is 3. The maximum atomic E-state index is 5.76. The molecule has 58 valence electrons. The van der Waals surface area contributed by atoms with E-state index in [-0.39, 0.29) is 0 Å². The van der Waals surface area contributed by atoms with E-state index in [1.807, 2.05) is 19.1 Å². The molecular weight excluding hydrogens is 234 g/mol. The molecule has 0 heterocycles. The van der Waals surface area contributed by atoms with E-state index in [9.17, 15) is 0 Å². The standard InChI is InChI=1S/C7H10Cl2Se/c1-3-4-6(8)5-7(9)10-2/h4-5H,3H2,1-2H3/b6-4-,7-5-. The van der Waals surface area contributed by atoms with Gasteiger partial charge in [0.15, 0.2) is 0 Å². The molecule has 0 aliphatic heterocycles. The summed E-state index contributed by atoms with van der Waals surface area (Å²) in [4.78, 5) is 0. The molecule has 0 fully saturated rings. The van der Waals surface area contributed by atoms with E-state index in [1.54, 1.807) is 0 Å². The Bertz CT molecular complexity index is 150. The van der Waals surface area contributed by atoms with Gasteiger partial charge in [0.1, 0.15) is 0 Å². The van der Waals surface area contributed by atoms with Crippen molar-refractivity contribution in [3.8, 4) is 0 Å². The molecule has 0 aliphatic carbocycles. The van der Waals surface area contributed by atoms with Gasteiger partial charge in [-0.15, -0.1) is 0 Å². The van der Waals surface area contributed by atoms with Gasteiger partial charge in [-0.05, 0) is 0 Å². The van der Waals surface area contributed by atoms with Gasteiger partial charge in [0.25, 0.3) is 0 Å². The molecular formula is C7H10Cl2Se. The van der Waals surface area contributed by atoms with Gasteiger partial charge in [-0.1, -0.05) is 0 Å². The van der Waals surface area contributed by atoms with Crippen molar-refractivity contribution in [1.82, 2.24) is 0 Å². The van der Waals surface area contributed by atoms with Crippen LogP contribution in [0.5, 0.6) is 0 Å². The zero-order valence-electron chi connectivity index (χ0n) is 6.03. The summed E-state index contributed by atoms with van der Waals surface area (Å²) in [5.41, 5.74) is 0. The fraction of sp³-hybridized carbons (Fsp3) is 0.429.